The third-order valence-electron chi connectivity index (χ3n) is 2.96. The first-order chi connectivity index (χ1) is 9.69. The van der Waals surface area contributed by atoms with Gasteiger partial charge in [-0.15, -0.1) is 0 Å². The van der Waals surface area contributed by atoms with Gasteiger partial charge in [-0.05, 0) is 25.0 Å². The number of carbonyl (C=O) groups is 1. The lowest BCUT2D eigenvalue weighted by Gasteiger charge is -2.11. The maximum Gasteiger partial charge on any atom is 0.312 e. The lowest BCUT2D eigenvalue weighted by Crippen LogP contribution is -2.35. The monoisotopic (exact) mass is 300 g/mol. The van der Waals surface area contributed by atoms with E-state index >= 15 is 0 Å². The molecule has 2 amide bonds. The van der Waals surface area contributed by atoms with E-state index in [9.17, 15) is 4.79 Å². The first-order valence-electron chi connectivity index (χ1n) is 6.78. The van der Waals surface area contributed by atoms with Gasteiger partial charge in [-0.2, -0.15) is 16.7 Å². The number of primary amides is 1. The van der Waals surface area contributed by atoms with Crippen molar-refractivity contribution in [1.29, 1.82) is 0 Å². The zero-order valence-corrected chi connectivity index (χ0v) is 12.3. The molecule has 0 spiro atoms. The van der Waals surface area contributed by atoms with Gasteiger partial charge in [0.05, 0.1) is 11.9 Å². The number of hydrogen-bond acceptors (Lipinski definition) is 6. The van der Waals surface area contributed by atoms with Crippen LogP contribution >= 0.6 is 11.8 Å². The number of nitrogens with one attached hydrogen (secondary N) is 1. The smallest absolute Gasteiger partial charge is 0.312 e. The number of urea groups is 1. The molecule has 20 heavy (non-hydrogen) atoms. The van der Waals surface area contributed by atoms with Crippen LogP contribution in [0.5, 0.6) is 0 Å². The van der Waals surface area contributed by atoms with E-state index in [-0.39, 0.29) is 12.2 Å². The van der Waals surface area contributed by atoms with E-state index in [1.54, 1.807) is 11.8 Å². The van der Waals surface area contributed by atoms with Crippen molar-refractivity contribution in [3.05, 3.63) is 11.7 Å². The average molecular weight is 300 g/mol. The minimum Gasteiger partial charge on any atom is -0.365 e. The van der Waals surface area contributed by atoms with Gasteiger partial charge in [0.1, 0.15) is 6.10 Å². The first kappa shape index (κ1) is 15.1. The van der Waals surface area contributed by atoms with Crippen molar-refractivity contribution in [3.63, 3.8) is 0 Å². The molecule has 3 N–H and O–H groups in total. The van der Waals surface area contributed by atoms with Crippen molar-refractivity contribution in [1.82, 2.24) is 15.5 Å². The summed E-state index contributed by atoms with van der Waals surface area (Å²) >= 11 is 1.78. The van der Waals surface area contributed by atoms with E-state index < -0.39 is 6.03 Å². The summed E-state index contributed by atoms with van der Waals surface area (Å²) in [5, 5.41) is 6.52. The summed E-state index contributed by atoms with van der Waals surface area (Å²) in [4.78, 5) is 15.0. The van der Waals surface area contributed by atoms with Crippen LogP contribution in [0, 0.1) is 0 Å². The molecule has 1 aromatic heterocycles. The molecule has 1 aliphatic heterocycles. The molecule has 0 bridgehead atoms. The maximum absolute atomic E-state index is 10.6. The lowest BCUT2D eigenvalue weighted by molar-refractivity contribution is 0.0402. The molecule has 2 unspecified atom stereocenters. The van der Waals surface area contributed by atoms with Gasteiger partial charge >= 0.3 is 6.03 Å². The van der Waals surface area contributed by atoms with Crippen molar-refractivity contribution in [3.8, 4) is 0 Å². The first-order valence-corrected chi connectivity index (χ1v) is 7.93. The Hall–Kier alpha value is -1.28. The molecule has 2 rings (SSSR count). The second-order valence-electron chi connectivity index (χ2n) is 4.67. The van der Waals surface area contributed by atoms with Gasteiger partial charge in [-0.25, -0.2) is 4.79 Å². The van der Waals surface area contributed by atoms with Crippen LogP contribution in [-0.4, -0.2) is 34.6 Å². The molecule has 7 nitrogen and oxygen atoms in total. The number of thioether (sulfide) groups is 1. The number of amides is 2. The highest BCUT2D eigenvalue weighted by Gasteiger charge is 2.30. The molecule has 2 atom stereocenters. The van der Waals surface area contributed by atoms with Crippen molar-refractivity contribution >= 4 is 17.8 Å². The van der Waals surface area contributed by atoms with E-state index in [0.717, 1.165) is 30.8 Å². The minimum absolute atomic E-state index is 0.0380. The molecule has 0 aliphatic carbocycles. The zero-order chi connectivity index (χ0) is 14.4. The van der Waals surface area contributed by atoms with Crippen molar-refractivity contribution in [2.24, 2.45) is 5.73 Å². The fraction of sp³-hybridized carbons (Fsp3) is 0.750. The molecule has 1 saturated heterocycles. The number of hydrogen-bond donors (Lipinski definition) is 2. The number of carbonyl (C=O) groups excluding carboxylic acids is 1. The molecule has 0 saturated carbocycles. The number of aromatic nitrogens is 2. The summed E-state index contributed by atoms with van der Waals surface area (Å²) in [6.07, 6.45) is 2.62. The zero-order valence-electron chi connectivity index (χ0n) is 11.5. The summed E-state index contributed by atoms with van der Waals surface area (Å²) in [7, 11) is 0. The standard InChI is InChI=1S/C12H20N4O3S/c1-2-5-20-7-10-15-11(16-19-10)9-4-3-8(18-9)6-14-12(13)17/h8-9H,2-7H2,1H3,(H3,13,14,17). The van der Waals surface area contributed by atoms with Crippen molar-refractivity contribution in [2.45, 2.75) is 44.1 Å². The predicted molar refractivity (Wildman–Crippen MR) is 75.2 cm³/mol. The van der Waals surface area contributed by atoms with Crippen LogP contribution in [0.1, 0.15) is 44.0 Å². The maximum atomic E-state index is 10.6. The van der Waals surface area contributed by atoms with Gasteiger partial charge in [0.2, 0.25) is 11.7 Å². The van der Waals surface area contributed by atoms with Crippen LogP contribution < -0.4 is 11.1 Å². The van der Waals surface area contributed by atoms with Crippen LogP contribution in [-0.2, 0) is 10.5 Å². The van der Waals surface area contributed by atoms with Crippen LogP contribution in [0.2, 0.25) is 0 Å². The van der Waals surface area contributed by atoms with Crippen molar-refractivity contribution < 1.29 is 14.1 Å². The van der Waals surface area contributed by atoms with Gasteiger partial charge in [-0.1, -0.05) is 12.1 Å². The molecular formula is C12H20N4O3S. The van der Waals surface area contributed by atoms with Gasteiger partial charge in [0.25, 0.3) is 0 Å². The fourth-order valence-electron chi connectivity index (χ4n) is 2.02. The molecule has 0 radical (unpaired) electrons. The predicted octanol–water partition coefficient (Wildman–Crippen LogP) is 1.60. The van der Waals surface area contributed by atoms with E-state index in [0.29, 0.717) is 18.3 Å². The highest BCUT2D eigenvalue weighted by Crippen LogP contribution is 2.31. The fourth-order valence-corrected chi connectivity index (χ4v) is 2.75. The highest BCUT2D eigenvalue weighted by molar-refractivity contribution is 7.98. The summed E-state index contributed by atoms with van der Waals surface area (Å²) in [5.74, 6) is 3.05. The average Bonchev–Trinajstić information content (AvgIpc) is 3.05. The van der Waals surface area contributed by atoms with E-state index in [2.05, 4.69) is 22.4 Å². The third-order valence-corrected chi connectivity index (χ3v) is 4.11. The topological polar surface area (TPSA) is 103 Å². The van der Waals surface area contributed by atoms with E-state index in [1.807, 2.05) is 0 Å². The number of nitrogens with two attached hydrogens (primary N) is 1. The Morgan fingerprint density at radius 3 is 3.15 bits per heavy atom. The Morgan fingerprint density at radius 2 is 2.40 bits per heavy atom. The van der Waals surface area contributed by atoms with Crippen molar-refractivity contribution in [2.75, 3.05) is 12.3 Å². The Bertz CT molecular complexity index is 440. The third kappa shape index (κ3) is 4.38. The Balaban J connectivity index is 1.79. The SMILES string of the molecule is CCCSCc1nc(C2CCC(CNC(N)=O)O2)no1. The molecule has 8 heteroatoms. The number of ether oxygens (including phenoxy) is 1. The van der Waals surface area contributed by atoms with E-state index in [1.165, 1.54) is 0 Å². The van der Waals surface area contributed by atoms with Crippen LogP contribution in [0.4, 0.5) is 4.79 Å². The second-order valence-corrected chi connectivity index (χ2v) is 5.77. The minimum atomic E-state index is -0.535. The van der Waals surface area contributed by atoms with E-state index in [4.69, 9.17) is 15.0 Å². The van der Waals surface area contributed by atoms with Gasteiger partial charge < -0.3 is 20.3 Å². The Morgan fingerprint density at radius 1 is 1.55 bits per heavy atom. The lowest BCUT2D eigenvalue weighted by atomic mass is 10.2. The summed E-state index contributed by atoms with van der Waals surface area (Å²) in [6.45, 7) is 2.56. The molecule has 2 heterocycles. The summed E-state index contributed by atoms with van der Waals surface area (Å²) < 4.78 is 11.0. The molecule has 1 aromatic rings. The van der Waals surface area contributed by atoms with Crippen LogP contribution in [0.25, 0.3) is 0 Å². The number of nitrogens with zero attached hydrogens (tertiary/aromatic N) is 2. The Kier molecular flexibility index (Phi) is 5.66. The quantitative estimate of drug-likeness (QED) is 0.741. The highest BCUT2D eigenvalue weighted by atomic mass is 32.2. The van der Waals surface area contributed by atoms with Gasteiger partial charge in [-0.3, -0.25) is 0 Å². The second kappa shape index (κ2) is 7.49. The number of rotatable bonds is 7. The molecule has 1 fully saturated rings. The molecular weight excluding hydrogens is 280 g/mol. The van der Waals surface area contributed by atoms with Crippen LogP contribution in [0.3, 0.4) is 0 Å². The normalized spacial score (nSPS) is 22.1. The Labute approximate surface area is 122 Å². The molecule has 112 valence electrons. The summed E-state index contributed by atoms with van der Waals surface area (Å²) in [6, 6.07) is -0.535. The largest absolute Gasteiger partial charge is 0.365 e. The molecule has 1 aliphatic rings. The molecule has 0 aromatic carbocycles. The summed E-state index contributed by atoms with van der Waals surface area (Å²) in [5.41, 5.74) is 5.03. The van der Waals surface area contributed by atoms with Gasteiger partial charge in [0.15, 0.2) is 0 Å². The van der Waals surface area contributed by atoms with Gasteiger partial charge in [0, 0.05) is 6.54 Å². The van der Waals surface area contributed by atoms with Crippen LogP contribution in [0.15, 0.2) is 4.52 Å².